The molecule has 1 fully saturated rings. The summed E-state index contributed by atoms with van der Waals surface area (Å²) in [4.78, 5) is 8.00. The fraction of sp³-hybridized carbons (Fsp3) is 0.364. The van der Waals surface area contributed by atoms with Gasteiger partial charge in [-0.05, 0) is 18.6 Å². The van der Waals surface area contributed by atoms with Crippen LogP contribution >= 0.6 is 11.6 Å². The van der Waals surface area contributed by atoms with Crippen molar-refractivity contribution >= 4 is 18.4 Å². The van der Waals surface area contributed by atoms with Gasteiger partial charge in [0.25, 0.3) is 0 Å². The van der Waals surface area contributed by atoms with Crippen molar-refractivity contribution in [2.24, 2.45) is 0 Å². The first-order valence-electron chi connectivity index (χ1n) is 4.45. The molecule has 0 bridgehead atoms. The zero-order chi connectivity index (χ0) is 11.7. The van der Waals surface area contributed by atoms with Crippen molar-refractivity contribution in [1.82, 2.24) is 0 Å². The van der Waals surface area contributed by atoms with E-state index >= 15 is 0 Å². The minimum absolute atomic E-state index is 0.368. The second-order valence-corrected chi connectivity index (χ2v) is 3.20. The molecule has 1 unspecified atom stereocenters. The number of para-hydroxylation sites is 1. The fourth-order valence-corrected chi connectivity index (χ4v) is 0.899. The molecule has 4 heteroatoms. The molecule has 1 saturated heterocycles. The number of epoxide rings is 1. The Morgan fingerprint density at radius 1 is 1.53 bits per heavy atom. The minimum Gasteiger partial charge on any atom is -0.508 e. The lowest BCUT2D eigenvalue weighted by atomic mass is 10.2. The van der Waals surface area contributed by atoms with Crippen LogP contribution < -0.4 is 0 Å². The molecule has 0 aromatic heterocycles. The third-order valence-corrected chi connectivity index (χ3v) is 2.03. The molecule has 1 atom stereocenters. The molecule has 0 saturated carbocycles. The van der Waals surface area contributed by atoms with Gasteiger partial charge in [-0.3, -0.25) is 0 Å². The Kier molecular flexibility index (Phi) is 7.68. The normalized spacial score (nSPS) is 16.5. The van der Waals surface area contributed by atoms with Gasteiger partial charge >= 0.3 is 0 Å². The first kappa shape index (κ1) is 13.9. The maximum absolute atomic E-state index is 8.92. The summed E-state index contributed by atoms with van der Waals surface area (Å²) in [5.41, 5.74) is 0.924. The monoisotopic (exact) mass is 230 g/mol. The van der Waals surface area contributed by atoms with Crippen LogP contribution in [-0.2, 0) is 9.53 Å². The average Bonchev–Trinajstić information content (AvgIpc) is 3.10. The Hall–Kier alpha value is -1.06. The van der Waals surface area contributed by atoms with E-state index in [-0.39, 0.29) is 0 Å². The van der Waals surface area contributed by atoms with E-state index in [9.17, 15) is 0 Å². The molecule has 84 valence electrons. The summed E-state index contributed by atoms with van der Waals surface area (Å²) in [5.74, 6) is 1.03. The van der Waals surface area contributed by atoms with Gasteiger partial charge < -0.3 is 14.6 Å². The average molecular weight is 231 g/mol. The SMILES string of the molecule is C=O.Cc1ccccc1O.ClCC1CO1. The van der Waals surface area contributed by atoms with Gasteiger partial charge in [-0.1, -0.05) is 18.2 Å². The molecule has 1 heterocycles. The summed E-state index contributed by atoms with van der Waals surface area (Å²) in [6.45, 7) is 4.75. The molecule has 0 radical (unpaired) electrons. The highest BCUT2D eigenvalue weighted by molar-refractivity contribution is 6.18. The second kappa shape index (κ2) is 8.26. The number of carbonyl (C=O) groups excluding carboxylic acids is 1. The van der Waals surface area contributed by atoms with Crippen molar-refractivity contribution in [2.75, 3.05) is 12.5 Å². The van der Waals surface area contributed by atoms with Crippen molar-refractivity contribution in [2.45, 2.75) is 13.0 Å². The molecule has 3 nitrogen and oxygen atoms in total. The summed E-state index contributed by atoms with van der Waals surface area (Å²) < 4.78 is 4.73. The van der Waals surface area contributed by atoms with E-state index in [4.69, 9.17) is 26.2 Å². The van der Waals surface area contributed by atoms with Gasteiger partial charge in [0.15, 0.2) is 0 Å². The van der Waals surface area contributed by atoms with E-state index < -0.39 is 0 Å². The maximum Gasteiger partial charge on any atom is 0.118 e. The van der Waals surface area contributed by atoms with E-state index in [0.29, 0.717) is 17.7 Å². The van der Waals surface area contributed by atoms with Crippen LogP contribution in [-0.4, -0.2) is 30.5 Å². The Morgan fingerprint density at radius 3 is 2.27 bits per heavy atom. The van der Waals surface area contributed by atoms with E-state index in [0.717, 1.165) is 12.2 Å². The van der Waals surface area contributed by atoms with Gasteiger partial charge in [-0.2, -0.15) is 0 Å². The summed E-state index contributed by atoms with van der Waals surface area (Å²) in [6.07, 6.45) is 0.400. The summed E-state index contributed by atoms with van der Waals surface area (Å²) in [5, 5.41) is 8.92. The molecule has 15 heavy (non-hydrogen) atoms. The number of hydrogen-bond donors (Lipinski definition) is 1. The van der Waals surface area contributed by atoms with Crippen molar-refractivity contribution in [1.29, 1.82) is 0 Å². The zero-order valence-electron chi connectivity index (χ0n) is 8.65. The number of ether oxygens (including phenoxy) is 1. The molecule has 0 spiro atoms. The lowest BCUT2D eigenvalue weighted by molar-refractivity contribution is -0.0979. The molecule has 1 aromatic rings. The quantitative estimate of drug-likeness (QED) is 0.594. The summed E-state index contributed by atoms with van der Waals surface area (Å²) in [7, 11) is 0. The Morgan fingerprint density at radius 2 is 2.07 bits per heavy atom. The van der Waals surface area contributed by atoms with Gasteiger partial charge in [-0.15, -0.1) is 11.6 Å². The van der Waals surface area contributed by atoms with Crippen LogP contribution in [0.15, 0.2) is 24.3 Å². The van der Waals surface area contributed by atoms with Gasteiger partial charge in [0.05, 0.1) is 18.6 Å². The molecule has 1 N–H and O–H groups in total. The predicted molar refractivity (Wildman–Crippen MR) is 60.4 cm³/mol. The standard InChI is InChI=1S/C7H8O.C3H5ClO.CH2O/c1-6-4-2-3-5-7(6)8;4-1-3-2-5-3;1-2/h2-5,8H,1H3;3H,1-2H2;1H2. The molecular formula is C11H15ClO3. The van der Waals surface area contributed by atoms with E-state index in [2.05, 4.69) is 0 Å². The topological polar surface area (TPSA) is 49.8 Å². The summed E-state index contributed by atoms with van der Waals surface area (Å²) in [6, 6.07) is 7.25. The third-order valence-electron chi connectivity index (χ3n) is 1.69. The molecule has 2 rings (SSSR count). The van der Waals surface area contributed by atoms with Gasteiger partial charge in [0.1, 0.15) is 12.5 Å². The number of aromatic hydroxyl groups is 1. The number of alkyl halides is 1. The largest absolute Gasteiger partial charge is 0.508 e. The predicted octanol–water partition coefficient (Wildman–Crippen LogP) is 2.14. The number of carbonyl (C=O) groups is 1. The molecule has 1 aliphatic heterocycles. The first-order chi connectivity index (χ1) is 7.24. The smallest absolute Gasteiger partial charge is 0.118 e. The van der Waals surface area contributed by atoms with Crippen LogP contribution in [0.25, 0.3) is 0 Å². The number of hydrogen-bond acceptors (Lipinski definition) is 3. The van der Waals surface area contributed by atoms with E-state index in [1.54, 1.807) is 6.07 Å². The lowest BCUT2D eigenvalue weighted by Gasteiger charge is -1.92. The Bertz CT molecular complexity index is 253. The highest BCUT2D eigenvalue weighted by Gasteiger charge is 2.19. The molecule has 1 aromatic carbocycles. The second-order valence-electron chi connectivity index (χ2n) is 2.90. The van der Waals surface area contributed by atoms with Crippen LogP contribution in [0.3, 0.4) is 0 Å². The number of benzene rings is 1. The van der Waals surface area contributed by atoms with Crippen LogP contribution in [0.5, 0.6) is 5.75 Å². The van der Waals surface area contributed by atoms with Crippen molar-refractivity contribution < 1.29 is 14.6 Å². The van der Waals surface area contributed by atoms with E-state index in [1.165, 1.54) is 0 Å². The van der Waals surface area contributed by atoms with Crippen LogP contribution in [0.4, 0.5) is 0 Å². The Labute approximate surface area is 94.6 Å². The number of rotatable bonds is 1. The summed E-state index contributed by atoms with van der Waals surface area (Å²) >= 11 is 5.27. The van der Waals surface area contributed by atoms with Gasteiger partial charge in [0.2, 0.25) is 0 Å². The molecular weight excluding hydrogens is 216 g/mol. The van der Waals surface area contributed by atoms with Crippen molar-refractivity contribution in [3.05, 3.63) is 29.8 Å². The molecule has 0 aliphatic carbocycles. The van der Waals surface area contributed by atoms with Crippen LogP contribution in [0.2, 0.25) is 0 Å². The number of phenols is 1. The Balaban J connectivity index is 0.000000241. The third kappa shape index (κ3) is 6.94. The molecule has 1 aliphatic rings. The van der Waals surface area contributed by atoms with Crippen LogP contribution in [0.1, 0.15) is 5.56 Å². The van der Waals surface area contributed by atoms with Gasteiger partial charge in [-0.25, -0.2) is 0 Å². The number of phenolic OH excluding ortho intramolecular Hbond substituents is 1. The first-order valence-corrected chi connectivity index (χ1v) is 4.98. The minimum atomic E-state index is 0.368. The van der Waals surface area contributed by atoms with Gasteiger partial charge in [0, 0.05) is 0 Å². The highest BCUT2D eigenvalue weighted by Crippen LogP contribution is 2.12. The lowest BCUT2D eigenvalue weighted by Crippen LogP contribution is -1.80. The highest BCUT2D eigenvalue weighted by atomic mass is 35.5. The fourth-order valence-electron chi connectivity index (χ4n) is 0.721. The molecule has 0 amide bonds. The van der Waals surface area contributed by atoms with Crippen LogP contribution in [0, 0.1) is 6.92 Å². The van der Waals surface area contributed by atoms with E-state index in [1.807, 2.05) is 31.9 Å². The van der Waals surface area contributed by atoms with Crippen molar-refractivity contribution in [3.8, 4) is 5.75 Å². The number of halogens is 1. The number of aryl methyl sites for hydroxylation is 1. The zero-order valence-corrected chi connectivity index (χ0v) is 9.41. The maximum atomic E-state index is 8.92. The van der Waals surface area contributed by atoms with Crippen molar-refractivity contribution in [3.63, 3.8) is 0 Å².